The second kappa shape index (κ2) is 8.62. The fourth-order valence-corrected chi connectivity index (χ4v) is 4.56. The highest BCUT2D eigenvalue weighted by molar-refractivity contribution is 8.15. The van der Waals surface area contributed by atoms with Crippen LogP contribution in [0.3, 0.4) is 0 Å². The van der Waals surface area contributed by atoms with Gasteiger partial charge in [0.2, 0.25) is 5.91 Å². The Labute approximate surface area is 175 Å². The van der Waals surface area contributed by atoms with E-state index < -0.39 is 5.25 Å². The number of thioether (sulfide) groups is 2. The molecule has 2 aromatic rings. The summed E-state index contributed by atoms with van der Waals surface area (Å²) in [4.78, 5) is 38.2. The molecule has 0 spiro atoms. The molecule has 0 saturated carbocycles. The first-order chi connectivity index (χ1) is 14.1. The summed E-state index contributed by atoms with van der Waals surface area (Å²) in [5.74, 6) is 0.533. The van der Waals surface area contributed by atoms with Crippen LogP contribution < -0.4 is 10.2 Å². The van der Waals surface area contributed by atoms with Gasteiger partial charge in [0.15, 0.2) is 11.0 Å². The Morgan fingerprint density at radius 1 is 1.03 bits per heavy atom. The molecule has 4 rings (SSSR count). The summed E-state index contributed by atoms with van der Waals surface area (Å²) in [6, 6.07) is 18.1. The number of para-hydroxylation sites is 1. The molecule has 2 fully saturated rings. The third-order valence-electron chi connectivity index (χ3n) is 4.28. The maximum atomic E-state index is 12.3. The van der Waals surface area contributed by atoms with Crippen molar-refractivity contribution in [3.63, 3.8) is 0 Å². The van der Waals surface area contributed by atoms with E-state index in [1.54, 1.807) is 24.3 Å². The van der Waals surface area contributed by atoms with Crippen molar-refractivity contribution in [2.75, 3.05) is 10.7 Å². The zero-order valence-electron chi connectivity index (χ0n) is 15.1. The van der Waals surface area contributed by atoms with Crippen LogP contribution in [0.2, 0.25) is 0 Å². The Kier molecular flexibility index (Phi) is 5.77. The van der Waals surface area contributed by atoms with E-state index in [2.05, 4.69) is 15.5 Å². The summed E-state index contributed by atoms with van der Waals surface area (Å²) < 4.78 is 0. The van der Waals surface area contributed by atoms with Gasteiger partial charge in [-0.05, 0) is 12.1 Å². The zero-order chi connectivity index (χ0) is 20.2. The van der Waals surface area contributed by atoms with E-state index in [4.69, 9.17) is 0 Å². The summed E-state index contributed by atoms with van der Waals surface area (Å²) in [6.45, 7) is 0. The maximum Gasteiger partial charge on any atom is 0.292 e. The number of hydrogen-bond acceptors (Lipinski definition) is 7. The number of nitrogens with zero attached hydrogens (tertiary/aromatic N) is 3. The molecule has 0 bridgehead atoms. The summed E-state index contributed by atoms with van der Waals surface area (Å²) >= 11 is 2.32. The Morgan fingerprint density at radius 3 is 2.45 bits per heavy atom. The van der Waals surface area contributed by atoms with Gasteiger partial charge in [0, 0.05) is 12.0 Å². The van der Waals surface area contributed by atoms with Crippen molar-refractivity contribution < 1.29 is 14.4 Å². The molecule has 7 nitrogen and oxygen atoms in total. The SMILES string of the molecule is O=C(CC1S/C(=N/N=C2\CSC(=O)N2c2ccccc2)NC1=O)c1ccccc1. The van der Waals surface area contributed by atoms with Crippen molar-refractivity contribution in [2.24, 2.45) is 10.2 Å². The van der Waals surface area contributed by atoms with E-state index in [1.807, 2.05) is 36.4 Å². The van der Waals surface area contributed by atoms with Crippen LogP contribution in [0.4, 0.5) is 10.5 Å². The molecule has 0 aliphatic carbocycles. The van der Waals surface area contributed by atoms with Crippen molar-refractivity contribution in [2.45, 2.75) is 11.7 Å². The minimum Gasteiger partial charge on any atom is -0.303 e. The average Bonchev–Trinajstić information content (AvgIpc) is 3.29. The first kappa shape index (κ1) is 19.4. The quantitative estimate of drug-likeness (QED) is 0.586. The van der Waals surface area contributed by atoms with E-state index in [-0.39, 0.29) is 23.4 Å². The minimum atomic E-state index is -0.550. The number of hydrogen-bond donors (Lipinski definition) is 1. The summed E-state index contributed by atoms with van der Waals surface area (Å²) in [6.07, 6.45) is 0.0839. The molecule has 29 heavy (non-hydrogen) atoms. The highest BCUT2D eigenvalue weighted by Gasteiger charge is 2.33. The number of ketones is 1. The van der Waals surface area contributed by atoms with Gasteiger partial charge in [-0.1, -0.05) is 72.1 Å². The Balaban J connectivity index is 1.46. The first-order valence-electron chi connectivity index (χ1n) is 8.84. The smallest absolute Gasteiger partial charge is 0.292 e. The number of amidine groups is 2. The van der Waals surface area contributed by atoms with Gasteiger partial charge < -0.3 is 5.32 Å². The largest absolute Gasteiger partial charge is 0.303 e. The number of carbonyl (C=O) groups excluding carboxylic acids is 3. The normalized spacial score (nSPS) is 21.8. The number of amides is 2. The van der Waals surface area contributed by atoms with Gasteiger partial charge in [0.25, 0.3) is 5.24 Å². The Bertz CT molecular complexity index is 1010. The molecule has 0 aromatic heterocycles. The van der Waals surface area contributed by atoms with Crippen LogP contribution in [0.1, 0.15) is 16.8 Å². The van der Waals surface area contributed by atoms with E-state index in [1.165, 1.54) is 16.7 Å². The minimum absolute atomic E-state index is 0.0839. The maximum absolute atomic E-state index is 12.3. The number of Topliss-reactive ketones (excluding diaryl/α,β-unsaturated/α-hetero) is 1. The van der Waals surface area contributed by atoms with Crippen molar-refractivity contribution in [3.05, 3.63) is 66.2 Å². The number of anilines is 1. The fraction of sp³-hybridized carbons (Fsp3) is 0.150. The molecule has 0 radical (unpaired) electrons. The van der Waals surface area contributed by atoms with Crippen molar-refractivity contribution in [1.82, 2.24) is 5.32 Å². The average molecular weight is 425 g/mol. The second-order valence-corrected chi connectivity index (χ2v) is 8.35. The van der Waals surface area contributed by atoms with Crippen molar-refractivity contribution >= 4 is 57.1 Å². The number of carbonyl (C=O) groups is 3. The van der Waals surface area contributed by atoms with Gasteiger partial charge in [0.05, 0.1) is 16.7 Å². The van der Waals surface area contributed by atoms with Crippen LogP contribution in [0.5, 0.6) is 0 Å². The van der Waals surface area contributed by atoms with Crippen molar-refractivity contribution in [3.8, 4) is 0 Å². The molecule has 146 valence electrons. The Hall–Kier alpha value is -2.91. The van der Waals surface area contributed by atoms with Crippen LogP contribution in [-0.4, -0.2) is 38.9 Å². The topological polar surface area (TPSA) is 91.2 Å². The molecule has 2 heterocycles. The van der Waals surface area contributed by atoms with Gasteiger partial charge in [-0.2, -0.15) is 0 Å². The molecule has 1 atom stereocenters. The molecule has 2 amide bonds. The Morgan fingerprint density at radius 2 is 1.72 bits per heavy atom. The lowest BCUT2D eigenvalue weighted by molar-refractivity contribution is -0.118. The van der Waals surface area contributed by atoms with Crippen LogP contribution in [-0.2, 0) is 4.79 Å². The zero-order valence-corrected chi connectivity index (χ0v) is 16.8. The number of rotatable bonds is 5. The van der Waals surface area contributed by atoms with Crippen LogP contribution in [0, 0.1) is 0 Å². The molecule has 1 unspecified atom stereocenters. The predicted molar refractivity (Wildman–Crippen MR) is 117 cm³/mol. The highest BCUT2D eigenvalue weighted by atomic mass is 32.2. The molecule has 9 heteroatoms. The molecular weight excluding hydrogens is 408 g/mol. The van der Waals surface area contributed by atoms with Gasteiger partial charge in [-0.3, -0.25) is 19.3 Å². The van der Waals surface area contributed by atoms with E-state index >= 15 is 0 Å². The lowest BCUT2D eigenvalue weighted by Crippen LogP contribution is -2.28. The molecule has 2 aliphatic rings. The van der Waals surface area contributed by atoms with Crippen LogP contribution in [0.15, 0.2) is 70.9 Å². The summed E-state index contributed by atoms with van der Waals surface area (Å²) in [5, 5.41) is 10.6. The standard InChI is InChI=1S/C20H16N4O3S2/c25-15(13-7-3-1-4-8-13)11-16-18(26)21-19(29-16)23-22-17-12-28-20(27)24(17)14-9-5-2-6-10-14/h1-10,16H,11-12H2,(H,21,23,26)/b22-17+. The van der Waals surface area contributed by atoms with E-state index in [0.29, 0.717) is 22.3 Å². The third-order valence-corrected chi connectivity index (χ3v) is 6.18. The van der Waals surface area contributed by atoms with Gasteiger partial charge in [-0.25, -0.2) is 0 Å². The predicted octanol–water partition coefficient (Wildman–Crippen LogP) is 3.53. The summed E-state index contributed by atoms with van der Waals surface area (Å²) in [5.41, 5.74) is 1.29. The third kappa shape index (κ3) is 4.41. The lowest BCUT2D eigenvalue weighted by atomic mass is 10.1. The molecule has 2 saturated heterocycles. The highest BCUT2D eigenvalue weighted by Crippen LogP contribution is 2.28. The molecular formula is C20H16N4O3S2. The first-order valence-corrected chi connectivity index (χ1v) is 10.7. The van der Waals surface area contributed by atoms with Gasteiger partial charge >= 0.3 is 0 Å². The second-order valence-electron chi connectivity index (χ2n) is 6.24. The van der Waals surface area contributed by atoms with Crippen LogP contribution >= 0.6 is 23.5 Å². The van der Waals surface area contributed by atoms with Gasteiger partial charge in [0.1, 0.15) is 5.84 Å². The molecule has 2 aliphatic heterocycles. The monoisotopic (exact) mass is 424 g/mol. The lowest BCUT2D eigenvalue weighted by Gasteiger charge is -2.14. The summed E-state index contributed by atoms with van der Waals surface area (Å²) in [7, 11) is 0. The molecule has 2 aromatic carbocycles. The molecule has 1 N–H and O–H groups in total. The number of benzene rings is 2. The van der Waals surface area contributed by atoms with Crippen molar-refractivity contribution in [1.29, 1.82) is 0 Å². The van der Waals surface area contributed by atoms with Crippen LogP contribution in [0.25, 0.3) is 0 Å². The number of nitrogens with one attached hydrogen (secondary N) is 1. The van der Waals surface area contributed by atoms with E-state index in [0.717, 1.165) is 17.4 Å². The van der Waals surface area contributed by atoms with Gasteiger partial charge in [-0.15, -0.1) is 10.2 Å². The van der Waals surface area contributed by atoms with E-state index in [9.17, 15) is 14.4 Å². The fourth-order valence-electron chi connectivity index (χ4n) is 2.87.